The number of amides is 2. The molecule has 2 aromatic carbocycles. The fourth-order valence-corrected chi connectivity index (χ4v) is 3.27. The van der Waals surface area contributed by atoms with E-state index in [2.05, 4.69) is 0 Å². The lowest BCUT2D eigenvalue weighted by Crippen LogP contribution is -2.49. The summed E-state index contributed by atoms with van der Waals surface area (Å²) >= 11 is 0. The molecular formula is C20H19NO4. The van der Waals surface area contributed by atoms with Crippen LogP contribution < -0.4 is 0 Å². The van der Waals surface area contributed by atoms with Crippen molar-refractivity contribution in [1.29, 1.82) is 0 Å². The first-order valence-corrected chi connectivity index (χ1v) is 8.13. The van der Waals surface area contributed by atoms with Crippen LogP contribution in [0.1, 0.15) is 33.2 Å². The maximum Gasteiger partial charge on any atom is 0.329 e. The van der Waals surface area contributed by atoms with Crippen LogP contribution in [0, 0.1) is 5.92 Å². The number of fused-ring (bicyclic) bond motifs is 1. The Labute approximate surface area is 146 Å². The maximum absolute atomic E-state index is 12.7. The van der Waals surface area contributed by atoms with Gasteiger partial charge in [-0.3, -0.25) is 14.5 Å². The lowest BCUT2D eigenvalue weighted by atomic mass is 9.92. The second-order valence-corrected chi connectivity index (χ2v) is 6.16. The minimum Gasteiger partial charge on any atom is -0.467 e. The van der Waals surface area contributed by atoms with Gasteiger partial charge in [0.05, 0.1) is 18.2 Å². The minimum atomic E-state index is -0.961. The molecular weight excluding hydrogens is 318 g/mol. The molecule has 0 spiro atoms. The molecule has 0 fully saturated rings. The van der Waals surface area contributed by atoms with E-state index >= 15 is 0 Å². The van der Waals surface area contributed by atoms with Gasteiger partial charge < -0.3 is 4.74 Å². The van der Waals surface area contributed by atoms with E-state index in [1.807, 2.05) is 37.3 Å². The van der Waals surface area contributed by atoms with Crippen molar-refractivity contribution in [3.63, 3.8) is 0 Å². The number of ether oxygens (including phenoxy) is 1. The average Bonchev–Trinajstić information content (AvgIpc) is 2.88. The predicted octanol–water partition coefficient (Wildman–Crippen LogP) is 2.70. The molecule has 0 saturated carbocycles. The Morgan fingerprint density at radius 2 is 1.48 bits per heavy atom. The molecule has 0 N–H and O–H groups in total. The van der Waals surface area contributed by atoms with Gasteiger partial charge >= 0.3 is 5.97 Å². The number of imide groups is 1. The summed E-state index contributed by atoms with van der Waals surface area (Å²) in [6, 6.07) is 15.3. The number of hydrogen-bond donors (Lipinski definition) is 0. The standard InChI is InChI=1S/C20H19NO4/c1-13(12-14-8-4-3-5-9-14)17(20(24)25-2)21-18(22)15-10-6-7-11-16(15)19(21)23/h3-11,13,17H,12H2,1-2H3/t13?,17-/m0/s1. The molecule has 3 rings (SSSR count). The van der Waals surface area contributed by atoms with Crippen LogP contribution in [0.4, 0.5) is 0 Å². The van der Waals surface area contributed by atoms with Gasteiger partial charge in [0.15, 0.2) is 0 Å². The second-order valence-electron chi connectivity index (χ2n) is 6.16. The molecule has 1 aliphatic heterocycles. The molecule has 1 aliphatic rings. The van der Waals surface area contributed by atoms with Gasteiger partial charge in [-0.2, -0.15) is 0 Å². The van der Waals surface area contributed by atoms with Crippen molar-refractivity contribution >= 4 is 17.8 Å². The molecule has 0 aliphatic carbocycles. The fourth-order valence-electron chi connectivity index (χ4n) is 3.27. The van der Waals surface area contributed by atoms with Crippen molar-refractivity contribution in [1.82, 2.24) is 4.90 Å². The molecule has 2 aromatic rings. The summed E-state index contributed by atoms with van der Waals surface area (Å²) in [5.41, 5.74) is 1.68. The number of hydrogen-bond acceptors (Lipinski definition) is 4. The number of rotatable bonds is 5. The highest BCUT2D eigenvalue weighted by Crippen LogP contribution is 2.28. The Bertz CT molecular complexity index is 780. The lowest BCUT2D eigenvalue weighted by molar-refractivity contribution is -0.147. The van der Waals surface area contributed by atoms with Gasteiger partial charge in [-0.05, 0) is 30.0 Å². The third-order valence-electron chi connectivity index (χ3n) is 4.49. The molecule has 2 amide bonds. The van der Waals surface area contributed by atoms with E-state index in [0.717, 1.165) is 10.5 Å². The summed E-state index contributed by atoms with van der Waals surface area (Å²) in [6.45, 7) is 1.85. The van der Waals surface area contributed by atoms with Crippen LogP contribution in [0.15, 0.2) is 54.6 Å². The highest BCUT2D eigenvalue weighted by molar-refractivity contribution is 6.22. The van der Waals surface area contributed by atoms with Crippen LogP contribution in [-0.4, -0.2) is 35.8 Å². The highest BCUT2D eigenvalue weighted by atomic mass is 16.5. The molecule has 0 saturated heterocycles. The van der Waals surface area contributed by atoms with Crippen LogP contribution in [0.3, 0.4) is 0 Å². The zero-order valence-electron chi connectivity index (χ0n) is 14.1. The third kappa shape index (κ3) is 3.05. The van der Waals surface area contributed by atoms with Crippen LogP contribution >= 0.6 is 0 Å². The van der Waals surface area contributed by atoms with E-state index in [-0.39, 0.29) is 5.92 Å². The molecule has 0 radical (unpaired) electrons. The first-order valence-electron chi connectivity index (χ1n) is 8.13. The average molecular weight is 337 g/mol. The van der Waals surface area contributed by atoms with Crippen molar-refractivity contribution in [3.8, 4) is 0 Å². The van der Waals surface area contributed by atoms with Gasteiger partial charge in [-0.15, -0.1) is 0 Å². The normalized spacial score (nSPS) is 15.7. The highest BCUT2D eigenvalue weighted by Gasteiger charge is 2.45. The van der Waals surface area contributed by atoms with Crippen LogP contribution in [0.5, 0.6) is 0 Å². The Morgan fingerprint density at radius 1 is 0.960 bits per heavy atom. The summed E-state index contributed by atoms with van der Waals surface area (Å²) in [7, 11) is 1.27. The Kier molecular flexibility index (Phi) is 4.65. The molecule has 1 heterocycles. The Balaban J connectivity index is 1.93. The molecule has 5 heteroatoms. The van der Waals surface area contributed by atoms with E-state index in [4.69, 9.17) is 4.74 Å². The summed E-state index contributed by atoms with van der Waals surface area (Å²) in [5.74, 6) is -1.76. The molecule has 0 aromatic heterocycles. The maximum atomic E-state index is 12.7. The SMILES string of the molecule is COC(=O)[C@H](C(C)Cc1ccccc1)N1C(=O)c2ccccc2C1=O. The lowest BCUT2D eigenvalue weighted by Gasteiger charge is -2.29. The monoisotopic (exact) mass is 337 g/mol. The van der Waals surface area contributed by atoms with Crippen molar-refractivity contribution < 1.29 is 19.1 Å². The number of carbonyl (C=O) groups excluding carboxylic acids is 3. The fraction of sp³-hybridized carbons (Fsp3) is 0.250. The van der Waals surface area contributed by atoms with Crippen molar-refractivity contribution in [2.75, 3.05) is 7.11 Å². The van der Waals surface area contributed by atoms with E-state index in [0.29, 0.717) is 17.5 Å². The van der Waals surface area contributed by atoms with Gasteiger partial charge in [0.1, 0.15) is 6.04 Å². The largest absolute Gasteiger partial charge is 0.467 e. The second kappa shape index (κ2) is 6.89. The quantitative estimate of drug-likeness (QED) is 0.622. The molecule has 1 unspecified atom stereocenters. The number of carbonyl (C=O) groups is 3. The van der Waals surface area contributed by atoms with Crippen molar-refractivity contribution in [2.45, 2.75) is 19.4 Å². The summed E-state index contributed by atoms with van der Waals surface area (Å²) in [6.07, 6.45) is 0.550. The number of methoxy groups -OCH3 is 1. The van der Waals surface area contributed by atoms with E-state index in [1.165, 1.54) is 7.11 Å². The first kappa shape index (κ1) is 16.9. The van der Waals surface area contributed by atoms with Gasteiger partial charge in [0.25, 0.3) is 11.8 Å². The van der Waals surface area contributed by atoms with Crippen molar-refractivity contribution in [2.24, 2.45) is 5.92 Å². The molecule has 0 bridgehead atoms. The van der Waals surface area contributed by atoms with Crippen molar-refractivity contribution in [3.05, 3.63) is 71.3 Å². The van der Waals surface area contributed by atoms with Gasteiger partial charge in [0, 0.05) is 0 Å². The topological polar surface area (TPSA) is 63.7 Å². The first-order chi connectivity index (χ1) is 12.0. The molecule has 2 atom stereocenters. The number of esters is 1. The molecule has 5 nitrogen and oxygen atoms in total. The van der Waals surface area contributed by atoms with E-state index < -0.39 is 23.8 Å². The Hall–Kier alpha value is -2.95. The van der Waals surface area contributed by atoms with E-state index in [9.17, 15) is 14.4 Å². The van der Waals surface area contributed by atoms with Crippen LogP contribution in [0.2, 0.25) is 0 Å². The van der Waals surface area contributed by atoms with Crippen LogP contribution in [-0.2, 0) is 16.0 Å². The predicted molar refractivity (Wildman–Crippen MR) is 92.1 cm³/mol. The van der Waals surface area contributed by atoms with Crippen LogP contribution in [0.25, 0.3) is 0 Å². The van der Waals surface area contributed by atoms with Gasteiger partial charge in [-0.25, -0.2) is 4.79 Å². The molecule has 25 heavy (non-hydrogen) atoms. The van der Waals surface area contributed by atoms with Gasteiger partial charge in [0.2, 0.25) is 0 Å². The third-order valence-corrected chi connectivity index (χ3v) is 4.49. The molecule has 128 valence electrons. The number of benzene rings is 2. The number of nitrogens with zero attached hydrogens (tertiary/aromatic N) is 1. The minimum absolute atomic E-state index is 0.280. The zero-order valence-corrected chi connectivity index (χ0v) is 14.1. The summed E-state index contributed by atoms with van der Waals surface area (Å²) < 4.78 is 4.89. The summed E-state index contributed by atoms with van der Waals surface area (Å²) in [4.78, 5) is 38.9. The Morgan fingerprint density at radius 3 is 2.00 bits per heavy atom. The van der Waals surface area contributed by atoms with E-state index in [1.54, 1.807) is 24.3 Å². The zero-order chi connectivity index (χ0) is 18.0. The smallest absolute Gasteiger partial charge is 0.329 e. The summed E-state index contributed by atoms with van der Waals surface area (Å²) in [5, 5.41) is 0. The van der Waals surface area contributed by atoms with Gasteiger partial charge in [-0.1, -0.05) is 49.4 Å².